The van der Waals surface area contributed by atoms with E-state index in [-0.39, 0.29) is 5.91 Å². The van der Waals surface area contributed by atoms with Gasteiger partial charge in [-0.1, -0.05) is 53.7 Å². The number of carbonyl (C=O) groups is 1. The van der Waals surface area contributed by atoms with Crippen molar-refractivity contribution in [1.29, 1.82) is 0 Å². The van der Waals surface area contributed by atoms with Crippen LogP contribution in [0.1, 0.15) is 11.1 Å². The minimum atomic E-state index is 0.200. The van der Waals surface area contributed by atoms with E-state index in [1.807, 2.05) is 4.90 Å². The minimum Gasteiger partial charge on any atom is -0.368 e. The first kappa shape index (κ1) is 20.0. The van der Waals surface area contributed by atoms with Crippen LogP contribution in [0.3, 0.4) is 0 Å². The molecule has 0 atom stereocenters. The number of piperazine rings is 1. The molecule has 0 saturated carbocycles. The SMILES string of the molecule is Cc1ccc(-c2csc(SCC(=O)N3CCN(c4cccc(C)c4)CC3)n2)cc1. The second-order valence-corrected chi connectivity index (χ2v) is 9.44. The minimum absolute atomic E-state index is 0.200. The number of benzene rings is 2. The number of anilines is 1. The molecule has 2 aromatic carbocycles. The largest absolute Gasteiger partial charge is 0.368 e. The summed E-state index contributed by atoms with van der Waals surface area (Å²) >= 11 is 3.15. The van der Waals surface area contributed by atoms with Crippen LogP contribution >= 0.6 is 23.1 Å². The number of hydrogen-bond donors (Lipinski definition) is 0. The molecular weight excluding hydrogens is 398 g/mol. The normalized spacial score (nSPS) is 14.3. The number of thiazole rings is 1. The van der Waals surface area contributed by atoms with Crippen molar-refractivity contribution in [1.82, 2.24) is 9.88 Å². The van der Waals surface area contributed by atoms with Crippen LogP contribution < -0.4 is 4.90 Å². The van der Waals surface area contributed by atoms with E-state index < -0.39 is 0 Å². The molecule has 0 unspecified atom stereocenters. The highest BCUT2D eigenvalue weighted by Gasteiger charge is 2.21. The maximum Gasteiger partial charge on any atom is 0.233 e. The van der Waals surface area contributed by atoms with Gasteiger partial charge in [-0.25, -0.2) is 4.98 Å². The van der Waals surface area contributed by atoms with Gasteiger partial charge in [0.05, 0.1) is 11.4 Å². The van der Waals surface area contributed by atoms with E-state index in [1.165, 1.54) is 16.8 Å². The van der Waals surface area contributed by atoms with Crippen LogP contribution in [0.5, 0.6) is 0 Å². The first-order chi connectivity index (χ1) is 14.1. The Morgan fingerprint density at radius 3 is 2.52 bits per heavy atom. The Labute approximate surface area is 180 Å². The maximum atomic E-state index is 12.6. The highest BCUT2D eigenvalue weighted by atomic mass is 32.2. The first-order valence-corrected chi connectivity index (χ1v) is 11.7. The molecule has 29 heavy (non-hydrogen) atoms. The van der Waals surface area contributed by atoms with Crippen molar-refractivity contribution in [3.05, 3.63) is 65.0 Å². The van der Waals surface area contributed by atoms with E-state index in [0.717, 1.165) is 41.8 Å². The fraction of sp³-hybridized carbons (Fsp3) is 0.304. The average Bonchev–Trinajstić information content (AvgIpc) is 3.22. The lowest BCUT2D eigenvalue weighted by Gasteiger charge is -2.36. The molecule has 1 amide bonds. The van der Waals surface area contributed by atoms with E-state index in [2.05, 4.69) is 77.6 Å². The molecule has 3 aromatic rings. The molecule has 0 radical (unpaired) electrons. The van der Waals surface area contributed by atoms with Gasteiger partial charge in [0.15, 0.2) is 4.34 Å². The predicted molar refractivity (Wildman–Crippen MR) is 123 cm³/mol. The third-order valence-electron chi connectivity index (χ3n) is 5.15. The Morgan fingerprint density at radius 1 is 1.03 bits per heavy atom. The van der Waals surface area contributed by atoms with E-state index >= 15 is 0 Å². The van der Waals surface area contributed by atoms with Crippen molar-refractivity contribution in [3.8, 4) is 11.3 Å². The number of aryl methyl sites for hydroxylation is 2. The highest BCUT2D eigenvalue weighted by molar-refractivity contribution is 8.01. The van der Waals surface area contributed by atoms with Crippen LogP contribution in [0.15, 0.2) is 58.3 Å². The Morgan fingerprint density at radius 2 is 1.79 bits per heavy atom. The maximum absolute atomic E-state index is 12.6. The summed E-state index contributed by atoms with van der Waals surface area (Å²) in [6.07, 6.45) is 0. The second kappa shape index (κ2) is 9.01. The summed E-state index contributed by atoms with van der Waals surface area (Å²) in [6.45, 7) is 7.52. The van der Waals surface area contributed by atoms with E-state index in [4.69, 9.17) is 0 Å². The summed E-state index contributed by atoms with van der Waals surface area (Å²) in [6, 6.07) is 17.0. The molecule has 2 heterocycles. The lowest BCUT2D eigenvalue weighted by atomic mass is 10.1. The van der Waals surface area contributed by atoms with Crippen molar-refractivity contribution in [2.45, 2.75) is 18.2 Å². The van der Waals surface area contributed by atoms with Gasteiger partial charge in [-0.2, -0.15) is 0 Å². The molecular formula is C23H25N3OS2. The topological polar surface area (TPSA) is 36.4 Å². The lowest BCUT2D eigenvalue weighted by Crippen LogP contribution is -2.49. The number of nitrogens with zero attached hydrogens (tertiary/aromatic N) is 3. The quantitative estimate of drug-likeness (QED) is 0.549. The molecule has 4 rings (SSSR count). The van der Waals surface area contributed by atoms with Crippen molar-refractivity contribution < 1.29 is 4.79 Å². The first-order valence-electron chi connectivity index (χ1n) is 9.83. The Hall–Kier alpha value is -2.31. The highest BCUT2D eigenvalue weighted by Crippen LogP contribution is 2.28. The van der Waals surface area contributed by atoms with Crippen LogP contribution in [0.4, 0.5) is 5.69 Å². The molecule has 0 N–H and O–H groups in total. The number of carbonyl (C=O) groups excluding carboxylic acids is 1. The summed E-state index contributed by atoms with van der Waals surface area (Å²) in [5.74, 6) is 0.650. The van der Waals surface area contributed by atoms with Crippen LogP contribution in [0.2, 0.25) is 0 Å². The van der Waals surface area contributed by atoms with Gasteiger partial charge in [0.1, 0.15) is 0 Å². The van der Waals surface area contributed by atoms with E-state index in [9.17, 15) is 4.79 Å². The fourth-order valence-corrected chi connectivity index (χ4v) is 5.17. The second-order valence-electron chi connectivity index (χ2n) is 7.36. The molecule has 6 heteroatoms. The molecule has 1 aliphatic rings. The molecule has 1 aliphatic heterocycles. The molecule has 1 saturated heterocycles. The van der Waals surface area contributed by atoms with Gasteiger partial charge >= 0.3 is 0 Å². The number of thioether (sulfide) groups is 1. The molecule has 0 aliphatic carbocycles. The Bertz CT molecular complexity index is 976. The molecule has 1 aromatic heterocycles. The van der Waals surface area contributed by atoms with Gasteiger partial charge in [-0.05, 0) is 31.5 Å². The van der Waals surface area contributed by atoms with Gasteiger partial charge in [0.2, 0.25) is 5.91 Å². The fourth-order valence-electron chi connectivity index (χ4n) is 3.43. The van der Waals surface area contributed by atoms with E-state index in [1.54, 1.807) is 23.1 Å². The third-order valence-corrected chi connectivity index (χ3v) is 7.15. The van der Waals surface area contributed by atoms with Crippen molar-refractivity contribution in [3.63, 3.8) is 0 Å². The van der Waals surface area contributed by atoms with Crippen LogP contribution in [0, 0.1) is 13.8 Å². The number of rotatable bonds is 5. The molecule has 150 valence electrons. The predicted octanol–water partition coefficient (Wildman–Crippen LogP) is 4.87. The summed E-state index contributed by atoms with van der Waals surface area (Å²) in [7, 11) is 0. The van der Waals surface area contributed by atoms with Crippen molar-refractivity contribution in [2.24, 2.45) is 0 Å². The molecule has 0 bridgehead atoms. The zero-order valence-corrected chi connectivity index (χ0v) is 18.4. The zero-order valence-electron chi connectivity index (χ0n) is 16.8. The van der Waals surface area contributed by atoms with Gasteiger partial charge < -0.3 is 9.80 Å². The van der Waals surface area contributed by atoms with Gasteiger partial charge in [-0.15, -0.1) is 11.3 Å². The molecule has 1 fully saturated rings. The summed E-state index contributed by atoms with van der Waals surface area (Å²) in [5.41, 5.74) is 5.87. The van der Waals surface area contributed by atoms with Crippen LogP contribution in [-0.4, -0.2) is 47.7 Å². The lowest BCUT2D eigenvalue weighted by molar-refractivity contribution is -0.128. The Balaban J connectivity index is 1.28. The number of amides is 1. The average molecular weight is 424 g/mol. The standard InChI is InChI=1S/C23H25N3OS2/c1-17-6-8-19(9-7-17)21-15-28-23(24-21)29-16-22(27)26-12-10-25(11-13-26)20-5-3-4-18(2)14-20/h3-9,14-15H,10-13,16H2,1-2H3. The smallest absolute Gasteiger partial charge is 0.233 e. The van der Waals surface area contributed by atoms with Crippen LogP contribution in [0.25, 0.3) is 11.3 Å². The number of aromatic nitrogens is 1. The Kier molecular flexibility index (Phi) is 6.21. The zero-order chi connectivity index (χ0) is 20.2. The molecule has 0 spiro atoms. The summed E-state index contributed by atoms with van der Waals surface area (Å²) < 4.78 is 0.951. The monoisotopic (exact) mass is 423 g/mol. The van der Waals surface area contributed by atoms with Crippen LogP contribution in [-0.2, 0) is 4.79 Å². The van der Waals surface area contributed by atoms with Gasteiger partial charge in [0, 0.05) is 42.8 Å². The van der Waals surface area contributed by atoms with E-state index in [0.29, 0.717) is 5.75 Å². The van der Waals surface area contributed by atoms with Gasteiger partial charge in [-0.3, -0.25) is 4.79 Å². The molecule has 4 nitrogen and oxygen atoms in total. The number of hydrogen-bond acceptors (Lipinski definition) is 5. The summed E-state index contributed by atoms with van der Waals surface area (Å²) in [4.78, 5) is 21.7. The summed E-state index contributed by atoms with van der Waals surface area (Å²) in [5, 5.41) is 2.07. The van der Waals surface area contributed by atoms with Gasteiger partial charge in [0.25, 0.3) is 0 Å². The third kappa shape index (κ3) is 5.00. The van der Waals surface area contributed by atoms with Crippen molar-refractivity contribution in [2.75, 3.05) is 36.8 Å². The van der Waals surface area contributed by atoms with Crippen molar-refractivity contribution >= 4 is 34.7 Å².